The summed E-state index contributed by atoms with van der Waals surface area (Å²) in [6.07, 6.45) is 8.81. The highest BCUT2D eigenvalue weighted by Crippen LogP contribution is 2.30. The highest BCUT2D eigenvalue weighted by molar-refractivity contribution is 6.32. The molecule has 4 heteroatoms. The van der Waals surface area contributed by atoms with Crippen LogP contribution in [0, 0.1) is 0 Å². The van der Waals surface area contributed by atoms with Gasteiger partial charge >= 0.3 is 5.97 Å². The molecule has 1 heterocycles. The van der Waals surface area contributed by atoms with Crippen LogP contribution in [-0.2, 0) is 4.79 Å². The molecule has 2 rings (SSSR count). The molecule has 0 radical (unpaired) electrons. The van der Waals surface area contributed by atoms with Gasteiger partial charge in [-0.05, 0) is 49.5 Å². The Hall–Kier alpha value is -1.48. The number of hydrogen-bond donors (Lipinski definition) is 1. The third kappa shape index (κ3) is 4.24. The number of aliphatic carboxylic acids is 1. The summed E-state index contributed by atoms with van der Waals surface area (Å²) in [5.74, 6) is -0.964. The zero-order valence-corrected chi connectivity index (χ0v) is 13.1. The maximum absolute atomic E-state index is 10.6. The summed E-state index contributed by atoms with van der Waals surface area (Å²) >= 11 is 6.29. The van der Waals surface area contributed by atoms with E-state index in [2.05, 4.69) is 11.8 Å². The van der Waals surface area contributed by atoms with E-state index in [0.29, 0.717) is 11.1 Å². The zero-order valence-electron chi connectivity index (χ0n) is 12.4. The Kier molecular flexibility index (Phi) is 5.68. The van der Waals surface area contributed by atoms with E-state index in [1.807, 2.05) is 18.2 Å². The van der Waals surface area contributed by atoms with Crippen molar-refractivity contribution < 1.29 is 9.90 Å². The van der Waals surface area contributed by atoms with Gasteiger partial charge in [0.2, 0.25) is 0 Å². The largest absolute Gasteiger partial charge is 0.478 e. The fourth-order valence-electron chi connectivity index (χ4n) is 2.96. The molecule has 0 bridgehead atoms. The number of carboxylic acids is 1. The molecule has 0 spiro atoms. The lowest BCUT2D eigenvalue weighted by Crippen LogP contribution is -2.39. The molecule has 0 amide bonds. The number of benzene rings is 1. The average molecular weight is 308 g/mol. The van der Waals surface area contributed by atoms with E-state index < -0.39 is 5.97 Å². The summed E-state index contributed by atoms with van der Waals surface area (Å²) < 4.78 is 0. The minimum absolute atomic E-state index is 0.597. The van der Waals surface area contributed by atoms with Crippen LogP contribution in [0.1, 0.15) is 44.6 Å². The third-order valence-corrected chi connectivity index (χ3v) is 4.30. The van der Waals surface area contributed by atoms with E-state index in [1.54, 1.807) is 0 Å². The number of anilines is 1. The zero-order chi connectivity index (χ0) is 15.2. The highest BCUT2D eigenvalue weighted by Gasteiger charge is 2.22. The van der Waals surface area contributed by atoms with Gasteiger partial charge in [-0.3, -0.25) is 0 Å². The predicted molar refractivity (Wildman–Crippen MR) is 88.0 cm³/mol. The minimum Gasteiger partial charge on any atom is -0.478 e. The lowest BCUT2D eigenvalue weighted by Gasteiger charge is -2.37. The Morgan fingerprint density at radius 3 is 2.95 bits per heavy atom. The Balaban J connectivity index is 2.19. The number of piperidine rings is 1. The number of hydrogen-bond acceptors (Lipinski definition) is 2. The van der Waals surface area contributed by atoms with Gasteiger partial charge in [-0.25, -0.2) is 4.79 Å². The first-order valence-corrected chi connectivity index (χ1v) is 7.97. The third-order valence-electron chi connectivity index (χ3n) is 3.97. The van der Waals surface area contributed by atoms with Crippen molar-refractivity contribution in [1.82, 2.24) is 0 Å². The van der Waals surface area contributed by atoms with Crippen LogP contribution in [0.3, 0.4) is 0 Å². The van der Waals surface area contributed by atoms with Crippen molar-refractivity contribution in [3.63, 3.8) is 0 Å². The van der Waals surface area contributed by atoms with Crippen molar-refractivity contribution in [2.75, 3.05) is 11.4 Å². The second-order valence-corrected chi connectivity index (χ2v) is 5.92. The highest BCUT2D eigenvalue weighted by atomic mass is 35.5. The number of halogens is 1. The Bertz CT molecular complexity index is 526. The molecule has 21 heavy (non-hydrogen) atoms. The Labute approximate surface area is 131 Å². The van der Waals surface area contributed by atoms with Crippen molar-refractivity contribution in [2.45, 2.75) is 45.1 Å². The first-order chi connectivity index (χ1) is 10.1. The Morgan fingerprint density at radius 2 is 2.29 bits per heavy atom. The topological polar surface area (TPSA) is 40.5 Å². The molecule has 3 nitrogen and oxygen atoms in total. The second kappa shape index (κ2) is 7.51. The fourth-order valence-corrected chi connectivity index (χ4v) is 3.20. The van der Waals surface area contributed by atoms with Gasteiger partial charge in [0.25, 0.3) is 0 Å². The maximum Gasteiger partial charge on any atom is 0.328 e. The van der Waals surface area contributed by atoms with E-state index >= 15 is 0 Å². The van der Waals surface area contributed by atoms with Gasteiger partial charge < -0.3 is 10.0 Å². The second-order valence-electron chi connectivity index (χ2n) is 5.51. The van der Waals surface area contributed by atoms with Crippen LogP contribution in [0.4, 0.5) is 5.69 Å². The number of nitrogens with zero attached hydrogens (tertiary/aromatic N) is 1. The smallest absolute Gasteiger partial charge is 0.328 e. The number of carbonyl (C=O) groups is 1. The summed E-state index contributed by atoms with van der Waals surface area (Å²) in [6, 6.07) is 6.49. The van der Waals surface area contributed by atoms with Crippen molar-refractivity contribution >= 4 is 29.3 Å². The fraction of sp³-hybridized carbons (Fsp3) is 0.471. The quantitative estimate of drug-likeness (QED) is 0.808. The number of carboxylic acid groups (broad SMARTS) is 1. The normalized spacial score (nSPS) is 19.1. The minimum atomic E-state index is -0.964. The van der Waals surface area contributed by atoms with Gasteiger partial charge in [-0.1, -0.05) is 31.0 Å². The van der Waals surface area contributed by atoms with Gasteiger partial charge in [0.15, 0.2) is 0 Å². The molecule has 1 fully saturated rings. The molecule has 1 saturated heterocycles. The predicted octanol–water partition coefficient (Wildman–Crippen LogP) is 4.60. The van der Waals surface area contributed by atoms with Gasteiger partial charge in [-0.15, -0.1) is 0 Å². The van der Waals surface area contributed by atoms with E-state index in [0.717, 1.165) is 23.9 Å². The van der Waals surface area contributed by atoms with Crippen molar-refractivity contribution in [3.8, 4) is 0 Å². The summed E-state index contributed by atoms with van der Waals surface area (Å²) in [5, 5.41) is 9.28. The number of rotatable bonds is 5. The first-order valence-electron chi connectivity index (χ1n) is 7.59. The molecule has 114 valence electrons. The summed E-state index contributed by atoms with van der Waals surface area (Å²) in [5.41, 5.74) is 1.89. The molecule has 1 unspecified atom stereocenters. The lowest BCUT2D eigenvalue weighted by atomic mass is 9.97. The van der Waals surface area contributed by atoms with E-state index in [9.17, 15) is 4.79 Å². The average Bonchev–Trinajstić information content (AvgIpc) is 2.47. The first kappa shape index (κ1) is 15.9. The molecule has 1 aromatic carbocycles. The summed E-state index contributed by atoms with van der Waals surface area (Å²) in [7, 11) is 0. The summed E-state index contributed by atoms with van der Waals surface area (Å²) in [6.45, 7) is 3.30. The van der Waals surface area contributed by atoms with Gasteiger partial charge in [0.1, 0.15) is 0 Å². The Morgan fingerprint density at radius 1 is 1.48 bits per heavy atom. The molecule has 0 aromatic heterocycles. The standard InChI is InChI=1S/C17H22ClNO2/c1-2-5-14-6-3-4-11-19(14)15-9-7-13(16(18)12-15)8-10-17(20)21/h7-10,12,14H,2-6,11H2,1H3,(H,20,21)/b10-8+. The van der Waals surface area contributed by atoms with E-state index in [-0.39, 0.29) is 0 Å². The van der Waals surface area contributed by atoms with Crippen LogP contribution in [-0.4, -0.2) is 23.7 Å². The van der Waals surface area contributed by atoms with Gasteiger partial charge in [0, 0.05) is 29.4 Å². The molecule has 0 aliphatic carbocycles. The van der Waals surface area contributed by atoms with Gasteiger partial charge in [0.05, 0.1) is 0 Å². The molecule has 1 N–H and O–H groups in total. The lowest BCUT2D eigenvalue weighted by molar-refractivity contribution is -0.131. The van der Waals surface area contributed by atoms with Crippen LogP contribution in [0.2, 0.25) is 5.02 Å². The molecular formula is C17H22ClNO2. The van der Waals surface area contributed by atoms with Crippen LogP contribution < -0.4 is 4.90 Å². The SMILES string of the molecule is CCCC1CCCCN1c1ccc(/C=C/C(=O)O)c(Cl)c1. The molecule has 1 atom stereocenters. The van der Waals surface area contributed by atoms with Crippen molar-refractivity contribution in [2.24, 2.45) is 0 Å². The molecule has 1 aliphatic rings. The maximum atomic E-state index is 10.6. The van der Waals surface area contributed by atoms with Crippen LogP contribution >= 0.6 is 11.6 Å². The van der Waals surface area contributed by atoms with Crippen LogP contribution in [0.15, 0.2) is 24.3 Å². The monoisotopic (exact) mass is 307 g/mol. The molecular weight excluding hydrogens is 286 g/mol. The van der Waals surface area contributed by atoms with E-state index in [4.69, 9.17) is 16.7 Å². The molecule has 0 saturated carbocycles. The van der Waals surface area contributed by atoms with Gasteiger partial charge in [-0.2, -0.15) is 0 Å². The van der Waals surface area contributed by atoms with Crippen LogP contribution in [0.5, 0.6) is 0 Å². The van der Waals surface area contributed by atoms with E-state index in [1.165, 1.54) is 38.2 Å². The van der Waals surface area contributed by atoms with Crippen molar-refractivity contribution in [3.05, 3.63) is 34.9 Å². The van der Waals surface area contributed by atoms with Crippen LogP contribution in [0.25, 0.3) is 6.08 Å². The van der Waals surface area contributed by atoms with Crippen molar-refractivity contribution in [1.29, 1.82) is 0 Å². The molecule has 1 aliphatic heterocycles. The molecule has 1 aromatic rings. The summed E-state index contributed by atoms with van der Waals surface area (Å²) in [4.78, 5) is 13.0.